The van der Waals surface area contributed by atoms with E-state index in [1.807, 2.05) is 11.0 Å². The zero-order chi connectivity index (χ0) is 24.6. The maximum atomic E-state index is 14.1. The van der Waals surface area contributed by atoms with E-state index >= 15 is 0 Å². The first kappa shape index (κ1) is 24.8. The van der Waals surface area contributed by atoms with Gasteiger partial charge in [-0.2, -0.15) is 0 Å². The molecule has 5 rings (SSSR count). The lowest BCUT2D eigenvalue weighted by molar-refractivity contribution is -0.179. The molecule has 7 heteroatoms. The molecule has 1 aromatic heterocycles. The van der Waals surface area contributed by atoms with Gasteiger partial charge < -0.3 is 19.1 Å². The largest absolute Gasteiger partial charge is 0.465 e. The molecule has 1 amide bonds. The Balaban J connectivity index is 1.47. The van der Waals surface area contributed by atoms with E-state index in [0.717, 1.165) is 69.1 Å². The first-order chi connectivity index (χ1) is 16.8. The third kappa shape index (κ3) is 5.30. The second-order valence-corrected chi connectivity index (χ2v) is 12.2. The van der Waals surface area contributed by atoms with Crippen LogP contribution in [0.5, 0.6) is 0 Å². The highest BCUT2D eigenvalue weighted by molar-refractivity contribution is 7.15. The summed E-state index contributed by atoms with van der Waals surface area (Å²) in [5.74, 6) is 6.55. The van der Waals surface area contributed by atoms with E-state index in [-0.39, 0.29) is 23.3 Å². The Morgan fingerprint density at radius 3 is 2.31 bits per heavy atom. The number of anilines is 1. The fourth-order valence-corrected chi connectivity index (χ4v) is 6.59. The molecule has 0 aromatic carbocycles. The number of carbonyl (C=O) groups excluding carboxylic acids is 2. The van der Waals surface area contributed by atoms with Crippen LogP contribution >= 0.6 is 11.3 Å². The van der Waals surface area contributed by atoms with Crippen molar-refractivity contribution in [3.63, 3.8) is 0 Å². The van der Waals surface area contributed by atoms with Crippen LogP contribution in [0.4, 0.5) is 5.69 Å². The topological polar surface area (TPSA) is 65.1 Å². The maximum absolute atomic E-state index is 14.1. The summed E-state index contributed by atoms with van der Waals surface area (Å²) >= 11 is 1.34. The number of rotatable bonds is 4. The number of hydrogen-bond donors (Lipinski definition) is 0. The van der Waals surface area contributed by atoms with Crippen molar-refractivity contribution in [3.8, 4) is 11.8 Å². The van der Waals surface area contributed by atoms with Gasteiger partial charge in [-0.25, -0.2) is 4.79 Å². The van der Waals surface area contributed by atoms with E-state index in [2.05, 4.69) is 25.7 Å². The van der Waals surface area contributed by atoms with Gasteiger partial charge in [0.05, 0.1) is 30.9 Å². The van der Waals surface area contributed by atoms with Crippen LogP contribution in [0.1, 0.15) is 92.6 Å². The molecular formula is C28H37NO5S. The molecule has 190 valence electrons. The predicted octanol–water partition coefficient (Wildman–Crippen LogP) is 5.53. The summed E-state index contributed by atoms with van der Waals surface area (Å²) in [5, 5.41) is 0. The summed E-state index contributed by atoms with van der Waals surface area (Å²) < 4.78 is 17.0. The van der Waals surface area contributed by atoms with Crippen molar-refractivity contribution in [2.75, 3.05) is 25.2 Å². The highest BCUT2D eigenvalue weighted by Gasteiger charge is 2.44. The highest BCUT2D eigenvalue weighted by atomic mass is 32.1. The lowest BCUT2D eigenvalue weighted by atomic mass is 9.81. The van der Waals surface area contributed by atoms with Gasteiger partial charge in [-0.05, 0) is 70.3 Å². The van der Waals surface area contributed by atoms with E-state index in [0.29, 0.717) is 29.7 Å². The van der Waals surface area contributed by atoms with Crippen molar-refractivity contribution in [1.29, 1.82) is 0 Å². The average molecular weight is 500 g/mol. The fraction of sp³-hybridized carbons (Fsp3) is 0.714. The van der Waals surface area contributed by atoms with E-state index in [1.54, 1.807) is 0 Å². The van der Waals surface area contributed by atoms with Crippen LogP contribution in [-0.2, 0) is 19.0 Å². The summed E-state index contributed by atoms with van der Waals surface area (Å²) in [5.41, 5.74) is 0.757. The van der Waals surface area contributed by atoms with E-state index in [1.165, 1.54) is 18.4 Å². The van der Waals surface area contributed by atoms with E-state index in [9.17, 15) is 9.59 Å². The fourth-order valence-electron chi connectivity index (χ4n) is 5.67. The Bertz CT molecular complexity index is 1010. The van der Waals surface area contributed by atoms with Crippen LogP contribution in [0.3, 0.4) is 0 Å². The lowest BCUT2D eigenvalue weighted by Gasteiger charge is -2.42. The Kier molecular flexibility index (Phi) is 7.00. The average Bonchev–Trinajstić information content (AvgIpc) is 3.24. The minimum absolute atomic E-state index is 0.0000368. The molecule has 1 aromatic rings. The number of amides is 1. The molecule has 0 N–H and O–H groups in total. The quantitative estimate of drug-likeness (QED) is 0.403. The van der Waals surface area contributed by atoms with Crippen molar-refractivity contribution in [3.05, 3.63) is 15.8 Å². The molecule has 1 spiro atoms. The zero-order valence-corrected chi connectivity index (χ0v) is 22.0. The number of methoxy groups -OCH3 is 1. The Morgan fingerprint density at radius 1 is 1.06 bits per heavy atom. The lowest BCUT2D eigenvalue weighted by Crippen LogP contribution is -2.49. The van der Waals surface area contributed by atoms with Crippen LogP contribution in [0.25, 0.3) is 0 Å². The number of ether oxygens (including phenoxy) is 3. The van der Waals surface area contributed by atoms with Gasteiger partial charge in [-0.1, -0.05) is 18.8 Å². The maximum Gasteiger partial charge on any atom is 0.350 e. The van der Waals surface area contributed by atoms with E-state index < -0.39 is 11.8 Å². The number of hydrogen-bond acceptors (Lipinski definition) is 6. The normalized spacial score (nSPS) is 27.2. The molecule has 4 aliphatic rings. The summed E-state index contributed by atoms with van der Waals surface area (Å²) in [6, 6.07) is 1.95. The SMILES string of the molecule is COC(=O)c1sc(C#CC2(C)CC2)cc1N(C(=O)C1CCC(C)CC1)C1CCC2(CC1)OCCO2. The smallest absolute Gasteiger partial charge is 0.350 e. The first-order valence-electron chi connectivity index (χ1n) is 13.2. The molecule has 35 heavy (non-hydrogen) atoms. The Morgan fingerprint density at radius 2 is 1.71 bits per heavy atom. The first-order valence-corrected chi connectivity index (χ1v) is 14.0. The molecule has 1 aliphatic heterocycles. The van der Waals surface area contributed by atoms with E-state index in [4.69, 9.17) is 14.2 Å². The number of nitrogens with zero attached hydrogens (tertiary/aromatic N) is 1. The van der Waals surface area contributed by atoms with Gasteiger partial charge in [0, 0.05) is 30.2 Å². The molecule has 0 unspecified atom stereocenters. The summed E-state index contributed by atoms with van der Waals surface area (Å²) in [4.78, 5) is 30.2. The molecule has 0 atom stereocenters. The van der Waals surface area contributed by atoms with Crippen LogP contribution < -0.4 is 4.90 Å². The number of esters is 1. The van der Waals surface area contributed by atoms with Crippen molar-refractivity contribution in [2.24, 2.45) is 17.3 Å². The van der Waals surface area contributed by atoms with Crippen LogP contribution in [-0.4, -0.2) is 44.0 Å². The minimum atomic E-state index is -0.498. The van der Waals surface area contributed by atoms with Crippen LogP contribution in [0.15, 0.2) is 6.07 Å². The highest BCUT2D eigenvalue weighted by Crippen LogP contribution is 2.45. The molecular weight excluding hydrogens is 462 g/mol. The third-order valence-corrected chi connectivity index (χ3v) is 9.35. The monoisotopic (exact) mass is 499 g/mol. The van der Waals surface area contributed by atoms with Gasteiger partial charge in [0.15, 0.2) is 5.79 Å². The Hall–Kier alpha value is -1.88. The molecule has 0 radical (unpaired) electrons. The van der Waals surface area contributed by atoms with Crippen LogP contribution in [0, 0.1) is 29.1 Å². The molecule has 4 fully saturated rings. The van der Waals surface area contributed by atoms with Gasteiger partial charge in [0.2, 0.25) is 5.91 Å². The van der Waals surface area contributed by atoms with Gasteiger partial charge in [0.25, 0.3) is 0 Å². The van der Waals surface area contributed by atoms with Crippen molar-refractivity contribution in [2.45, 2.75) is 89.9 Å². The summed E-state index contributed by atoms with van der Waals surface area (Å²) in [6.07, 6.45) is 9.25. The molecule has 2 heterocycles. The van der Waals surface area contributed by atoms with Crippen molar-refractivity contribution in [1.82, 2.24) is 0 Å². The molecule has 6 nitrogen and oxygen atoms in total. The molecule has 3 aliphatic carbocycles. The van der Waals surface area contributed by atoms with Gasteiger partial charge in [0.1, 0.15) is 4.88 Å². The molecule has 3 saturated carbocycles. The van der Waals surface area contributed by atoms with Crippen molar-refractivity contribution >= 4 is 28.9 Å². The predicted molar refractivity (Wildman–Crippen MR) is 135 cm³/mol. The number of carbonyl (C=O) groups is 2. The van der Waals surface area contributed by atoms with Gasteiger partial charge in [-0.15, -0.1) is 11.3 Å². The van der Waals surface area contributed by atoms with Crippen molar-refractivity contribution < 1.29 is 23.8 Å². The van der Waals surface area contributed by atoms with Crippen LogP contribution in [0.2, 0.25) is 0 Å². The third-order valence-electron chi connectivity index (χ3n) is 8.33. The second kappa shape index (κ2) is 9.88. The van der Waals surface area contributed by atoms with Gasteiger partial charge >= 0.3 is 5.97 Å². The second-order valence-electron chi connectivity index (χ2n) is 11.1. The van der Waals surface area contributed by atoms with Gasteiger partial charge in [-0.3, -0.25) is 4.79 Å². The summed E-state index contributed by atoms with van der Waals surface area (Å²) in [7, 11) is 1.40. The molecule has 0 bridgehead atoms. The standard InChI is InChI=1S/C28H37NO5S/c1-19-4-6-20(7-5-19)25(30)29(21-8-12-28(13-9-21)33-16-17-34-28)23-18-22(10-11-27(2)14-15-27)35-24(23)26(31)32-3/h18-21H,4-9,12-17H2,1-3H3. The summed E-state index contributed by atoms with van der Waals surface area (Å²) in [6.45, 7) is 5.69. The molecule has 1 saturated heterocycles. The number of thiophene rings is 1. The zero-order valence-electron chi connectivity index (χ0n) is 21.2. The Labute approximate surface area is 212 Å². The minimum Gasteiger partial charge on any atom is -0.465 e.